The van der Waals surface area contributed by atoms with Crippen molar-refractivity contribution in [2.24, 2.45) is 5.92 Å². The second-order valence-electron chi connectivity index (χ2n) is 8.96. The quantitative estimate of drug-likeness (QED) is 0.484. The molecule has 0 unspecified atom stereocenters. The standard InChI is InChI=1S/C25H28F2N4O3/c1-33-22-10-3-2-8-17(22)19-13-21(23(26)27)31-24(29-19)18(14-28-31)25(32)34-15-16-7-6-12-30-11-5-4-9-20(16)30/h2-3,8,10,13-14,16,20,23H,4-7,9,11-12,15H2,1H3/t16-,20-/m1/s1. The first kappa shape index (κ1) is 22.7. The van der Waals surface area contributed by atoms with Gasteiger partial charge >= 0.3 is 5.97 Å². The molecular weight excluding hydrogens is 442 g/mol. The number of aromatic nitrogens is 3. The van der Waals surface area contributed by atoms with Crippen molar-refractivity contribution in [3.8, 4) is 17.0 Å². The lowest BCUT2D eigenvalue weighted by molar-refractivity contribution is 0.00749. The fourth-order valence-corrected chi connectivity index (χ4v) is 5.31. The van der Waals surface area contributed by atoms with Gasteiger partial charge in [-0.1, -0.05) is 18.6 Å². The van der Waals surface area contributed by atoms with Crippen LogP contribution in [0.5, 0.6) is 5.75 Å². The third kappa shape index (κ3) is 4.24. The van der Waals surface area contributed by atoms with E-state index in [1.54, 1.807) is 24.3 Å². The molecule has 4 heterocycles. The van der Waals surface area contributed by atoms with E-state index in [0.717, 1.165) is 36.9 Å². The van der Waals surface area contributed by atoms with Crippen LogP contribution in [0.25, 0.3) is 16.9 Å². The Kier molecular flexibility index (Phi) is 6.45. The first-order chi connectivity index (χ1) is 16.6. The molecule has 7 nitrogen and oxygen atoms in total. The van der Waals surface area contributed by atoms with Gasteiger partial charge in [-0.15, -0.1) is 0 Å². The Hall–Kier alpha value is -3.07. The molecule has 2 aromatic heterocycles. The Morgan fingerprint density at radius 2 is 2.00 bits per heavy atom. The number of esters is 1. The number of ether oxygens (including phenoxy) is 2. The first-order valence-corrected chi connectivity index (χ1v) is 11.8. The van der Waals surface area contributed by atoms with Gasteiger partial charge in [0.1, 0.15) is 17.0 Å². The van der Waals surface area contributed by atoms with E-state index in [-0.39, 0.29) is 28.5 Å². The van der Waals surface area contributed by atoms with Crippen LogP contribution in [0.2, 0.25) is 0 Å². The summed E-state index contributed by atoms with van der Waals surface area (Å²) in [6.45, 7) is 2.52. The second kappa shape index (κ2) is 9.66. The van der Waals surface area contributed by atoms with Crippen LogP contribution in [0.4, 0.5) is 8.78 Å². The Morgan fingerprint density at radius 1 is 1.18 bits per heavy atom. The van der Waals surface area contributed by atoms with E-state index in [1.807, 2.05) is 0 Å². The summed E-state index contributed by atoms with van der Waals surface area (Å²) >= 11 is 0. The number of nitrogens with zero attached hydrogens (tertiary/aromatic N) is 4. The summed E-state index contributed by atoms with van der Waals surface area (Å²) in [5, 5.41) is 4.03. The number of hydrogen-bond donors (Lipinski definition) is 0. The number of hydrogen-bond acceptors (Lipinski definition) is 6. The zero-order valence-electron chi connectivity index (χ0n) is 19.1. The number of rotatable bonds is 6. The zero-order valence-corrected chi connectivity index (χ0v) is 19.1. The van der Waals surface area contributed by atoms with Crippen LogP contribution in [-0.4, -0.2) is 58.3 Å². The third-order valence-electron chi connectivity index (χ3n) is 6.98. The van der Waals surface area contributed by atoms with Gasteiger partial charge < -0.3 is 9.47 Å². The van der Waals surface area contributed by atoms with Crippen LogP contribution in [0, 0.1) is 5.92 Å². The molecule has 0 spiro atoms. The predicted octanol–water partition coefficient (Wildman–Crippen LogP) is 4.76. The van der Waals surface area contributed by atoms with Gasteiger partial charge in [0.25, 0.3) is 6.43 Å². The van der Waals surface area contributed by atoms with Gasteiger partial charge in [-0.2, -0.15) is 5.10 Å². The highest BCUT2D eigenvalue weighted by molar-refractivity contribution is 5.96. The van der Waals surface area contributed by atoms with Crippen molar-refractivity contribution in [3.63, 3.8) is 0 Å². The molecule has 2 fully saturated rings. The number of halogens is 2. The van der Waals surface area contributed by atoms with Crippen molar-refractivity contribution >= 4 is 11.6 Å². The summed E-state index contributed by atoms with van der Waals surface area (Å²) in [6.07, 6.45) is 4.12. The summed E-state index contributed by atoms with van der Waals surface area (Å²) in [7, 11) is 1.51. The number of carbonyl (C=O) groups is 1. The Labute approximate surface area is 196 Å². The summed E-state index contributed by atoms with van der Waals surface area (Å²) in [6, 6.07) is 8.75. The molecule has 34 heavy (non-hydrogen) atoms. The van der Waals surface area contributed by atoms with E-state index >= 15 is 0 Å². The molecule has 0 radical (unpaired) electrons. The number of carbonyl (C=O) groups excluding carboxylic acids is 1. The molecule has 0 N–H and O–H groups in total. The van der Waals surface area contributed by atoms with Gasteiger partial charge in [0, 0.05) is 17.5 Å². The fraction of sp³-hybridized carbons (Fsp3) is 0.480. The smallest absolute Gasteiger partial charge is 0.343 e. The van der Waals surface area contributed by atoms with E-state index in [9.17, 15) is 13.6 Å². The summed E-state index contributed by atoms with van der Waals surface area (Å²) in [5.41, 5.74) is 0.603. The highest BCUT2D eigenvalue weighted by atomic mass is 19.3. The monoisotopic (exact) mass is 470 g/mol. The second-order valence-corrected chi connectivity index (χ2v) is 8.96. The summed E-state index contributed by atoms with van der Waals surface area (Å²) < 4.78 is 39.9. The molecule has 5 rings (SSSR count). The highest BCUT2D eigenvalue weighted by Gasteiger charge is 2.34. The molecule has 0 amide bonds. The van der Waals surface area contributed by atoms with Gasteiger partial charge in [0.2, 0.25) is 0 Å². The number of piperidine rings is 2. The van der Waals surface area contributed by atoms with E-state index in [0.29, 0.717) is 24.0 Å². The van der Waals surface area contributed by atoms with Crippen LogP contribution in [0.3, 0.4) is 0 Å². The minimum absolute atomic E-state index is 0.0478. The number of fused-ring (bicyclic) bond motifs is 2. The number of alkyl halides is 2. The van der Waals surface area contributed by atoms with E-state index in [4.69, 9.17) is 9.47 Å². The lowest BCUT2D eigenvalue weighted by Crippen LogP contribution is -2.49. The topological polar surface area (TPSA) is 69.0 Å². The maximum Gasteiger partial charge on any atom is 0.343 e. The molecule has 2 saturated heterocycles. The SMILES string of the molecule is COc1ccccc1-c1cc(C(F)F)n2ncc(C(=O)OC[C@H]3CCCN4CCCC[C@H]34)c2n1. The zero-order chi connectivity index (χ0) is 23.7. The van der Waals surface area contributed by atoms with Crippen LogP contribution in [0.1, 0.15) is 54.6 Å². The molecule has 180 valence electrons. The third-order valence-corrected chi connectivity index (χ3v) is 6.98. The molecule has 2 aliphatic rings. The Bertz CT molecular complexity index is 1180. The van der Waals surface area contributed by atoms with E-state index in [1.165, 1.54) is 32.2 Å². The molecular formula is C25H28F2N4O3. The fourth-order valence-electron chi connectivity index (χ4n) is 5.31. The highest BCUT2D eigenvalue weighted by Crippen LogP contribution is 2.33. The number of benzene rings is 1. The average Bonchev–Trinajstić information content (AvgIpc) is 3.30. The van der Waals surface area contributed by atoms with Crippen LogP contribution in [0.15, 0.2) is 36.5 Å². The summed E-state index contributed by atoms with van der Waals surface area (Å²) in [4.78, 5) is 20.1. The molecule has 9 heteroatoms. The van der Waals surface area contributed by atoms with Crippen molar-refractivity contribution in [1.82, 2.24) is 19.5 Å². The van der Waals surface area contributed by atoms with E-state index in [2.05, 4.69) is 15.0 Å². The Morgan fingerprint density at radius 3 is 2.82 bits per heavy atom. The molecule has 2 aliphatic heterocycles. The molecule has 0 saturated carbocycles. The maximum absolute atomic E-state index is 13.9. The minimum Gasteiger partial charge on any atom is -0.496 e. The van der Waals surface area contributed by atoms with Gasteiger partial charge in [-0.3, -0.25) is 4.90 Å². The Balaban J connectivity index is 1.44. The van der Waals surface area contributed by atoms with Crippen molar-refractivity contribution < 1.29 is 23.0 Å². The van der Waals surface area contributed by atoms with Gasteiger partial charge in [0.05, 0.1) is 25.6 Å². The molecule has 2 atom stereocenters. The van der Waals surface area contributed by atoms with Crippen molar-refractivity contribution in [2.75, 3.05) is 26.8 Å². The van der Waals surface area contributed by atoms with Crippen molar-refractivity contribution in [3.05, 3.63) is 47.8 Å². The van der Waals surface area contributed by atoms with Crippen LogP contribution < -0.4 is 4.74 Å². The number of para-hydroxylation sites is 1. The average molecular weight is 471 g/mol. The maximum atomic E-state index is 13.9. The first-order valence-electron chi connectivity index (χ1n) is 11.8. The van der Waals surface area contributed by atoms with Crippen molar-refractivity contribution in [2.45, 2.75) is 44.6 Å². The van der Waals surface area contributed by atoms with Crippen molar-refractivity contribution in [1.29, 1.82) is 0 Å². The lowest BCUT2D eigenvalue weighted by atomic mass is 9.84. The van der Waals surface area contributed by atoms with Crippen LogP contribution >= 0.6 is 0 Å². The number of methoxy groups -OCH3 is 1. The minimum atomic E-state index is -2.80. The van der Waals surface area contributed by atoms with Crippen LogP contribution in [-0.2, 0) is 4.74 Å². The van der Waals surface area contributed by atoms with Gasteiger partial charge in [0.15, 0.2) is 5.65 Å². The lowest BCUT2D eigenvalue weighted by Gasteiger charge is -2.44. The summed E-state index contributed by atoms with van der Waals surface area (Å²) in [5.74, 6) is 0.193. The van der Waals surface area contributed by atoms with Gasteiger partial charge in [-0.05, 0) is 57.0 Å². The molecule has 3 aromatic rings. The molecule has 0 aliphatic carbocycles. The largest absolute Gasteiger partial charge is 0.496 e. The molecule has 0 bridgehead atoms. The predicted molar refractivity (Wildman–Crippen MR) is 122 cm³/mol. The van der Waals surface area contributed by atoms with Gasteiger partial charge in [-0.25, -0.2) is 23.1 Å². The van der Waals surface area contributed by atoms with E-state index < -0.39 is 12.4 Å². The normalized spacial score (nSPS) is 20.9. The molecule has 1 aromatic carbocycles.